The molecule has 0 aliphatic heterocycles. The maximum atomic E-state index is 13.1. The summed E-state index contributed by atoms with van der Waals surface area (Å²) < 4.78 is 28.2. The Morgan fingerprint density at radius 1 is 1.05 bits per heavy atom. The average Bonchev–Trinajstić information content (AvgIpc) is 3.28. The zero-order valence-corrected chi connectivity index (χ0v) is 23.4. The van der Waals surface area contributed by atoms with Gasteiger partial charge in [0.05, 0.1) is 22.5 Å². The lowest BCUT2D eigenvalue weighted by Gasteiger charge is -2.14. The van der Waals surface area contributed by atoms with Gasteiger partial charge in [0, 0.05) is 57.4 Å². The lowest BCUT2D eigenvalue weighted by molar-refractivity contribution is 0.0977. The van der Waals surface area contributed by atoms with Gasteiger partial charge < -0.3 is 9.80 Å². The molecule has 1 amide bonds. The van der Waals surface area contributed by atoms with Crippen LogP contribution < -0.4 is 14.5 Å². The van der Waals surface area contributed by atoms with Crippen LogP contribution in [0.4, 0.5) is 11.6 Å². The van der Waals surface area contributed by atoms with E-state index in [2.05, 4.69) is 19.7 Å². The number of aromatic nitrogens is 5. The van der Waals surface area contributed by atoms with Gasteiger partial charge >= 0.3 is 0 Å². The zero-order chi connectivity index (χ0) is 27.8. The molecule has 11 nitrogen and oxygen atoms in total. The lowest BCUT2D eigenvalue weighted by Crippen LogP contribution is -2.32. The smallest absolute Gasteiger partial charge is 0.283 e. The summed E-state index contributed by atoms with van der Waals surface area (Å²) >= 11 is 0. The molecule has 1 N–H and O–H groups in total. The Kier molecular flexibility index (Phi) is 7.36. The fraction of sp³-hybridized carbons (Fsp3) is 0.346. The van der Waals surface area contributed by atoms with Crippen molar-refractivity contribution >= 4 is 38.6 Å². The molecule has 0 fully saturated rings. The third-order valence-corrected chi connectivity index (χ3v) is 7.27. The van der Waals surface area contributed by atoms with E-state index in [0.29, 0.717) is 22.7 Å². The predicted octanol–water partition coefficient (Wildman–Crippen LogP) is 3.21. The van der Waals surface area contributed by atoms with E-state index in [0.717, 1.165) is 22.5 Å². The second-order valence-electron chi connectivity index (χ2n) is 9.62. The summed E-state index contributed by atoms with van der Waals surface area (Å²) in [6.07, 6.45) is 3.35. The molecule has 12 heteroatoms. The molecule has 0 unspecified atom stereocenters. The van der Waals surface area contributed by atoms with E-state index < -0.39 is 15.9 Å². The number of carbonyl (C=O) groups excluding carboxylic acids is 1. The summed E-state index contributed by atoms with van der Waals surface area (Å²) in [5.74, 6) is -0.494. The number of nitrogens with zero attached hydrogens (tertiary/aromatic N) is 7. The van der Waals surface area contributed by atoms with Crippen LogP contribution in [0.25, 0.3) is 27.8 Å². The number of amides is 1. The van der Waals surface area contributed by atoms with Crippen molar-refractivity contribution in [1.82, 2.24) is 29.5 Å². The summed E-state index contributed by atoms with van der Waals surface area (Å²) in [5.41, 5.74) is 4.16. The average molecular weight is 537 g/mol. The molecule has 0 aliphatic carbocycles. The number of pyridine rings is 1. The highest BCUT2D eigenvalue weighted by Crippen LogP contribution is 2.35. The summed E-state index contributed by atoms with van der Waals surface area (Å²) in [7, 11) is 3.79. The topological polar surface area (TPSA) is 126 Å². The van der Waals surface area contributed by atoms with Crippen molar-refractivity contribution in [3.8, 4) is 16.8 Å². The van der Waals surface area contributed by atoms with Gasteiger partial charge in [0.25, 0.3) is 5.91 Å². The van der Waals surface area contributed by atoms with Crippen LogP contribution in [0.3, 0.4) is 0 Å². The van der Waals surface area contributed by atoms with Gasteiger partial charge in [0.15, 0.2) is 5.65 Å². The van der Waals surface area contributed by atoms with Gasteiger partial charge in [-0.1, -0.05) is 19.9 Å². The summed E-state index contributed by atoms with van der Waals surface area (Å²) in [6, 6.07) is 9.36. The van der Waals surface area contributed by atoms with Crippen molar-refractivity contribution in [2.24, 2.45) is 0 Å². The molecule has 0 spiro atoms. The minimum absolute atomic E-state index is 0.0263. The predicted molar refractivity (Wildman–Crippen MR) is 150 cm³/mol. The Morgan fingerprint density at radius 2 is 1.74 bits per heavy atom. The van der Waals surface area contributed by atoms with Crippen molar-refractivity contribution in [2.75, 3.05) is 43.7 Å². The van der Waals surface area contributed by atoms with Gasteiger partial charge in [-0.3, -0.25) is 4.79 Å². The maximum Gasteiger partial charge on any atom is 0.283 e. The van der Waals surface area contributed by atoms with Crippen LogP contribution in [-0.4, -0.2) is 73.0 Å². The second kappa shape index (κ2) is 10.4. The van der Waals surface area contributed by atoms with Gasteiger partial charge in [0.2, 0.25) is 16.0 Å². The highest BCUT2D eigenvalue weighted by molar-refractivity contribution is 7.90. The van der Waals surface area contributed by atoms with Crippen molar-refractivity contribution in [1.29, 1.82) is 0 Å². The van der Waals surface area contributed by atoms with Crippen LogP contribution in [-0.2, 0) is 10.0 Å². The van der Waals surface area contributed by atoms with Gasteiger partial charge in [-0.25, -0.2) is 32.8 Å². The Labute approximate surface area is 222 Å². The highest BCUT2D eigenvalue weighted by atomic mass is 32.2. The number of carbonyl (C=O) groups is 1. The number of benzene rings is 1. The standard InChI is InChI=1S/C26H32N8O3S/c1-8-38(36,37)31-25(35)21-13-20(17-14-27-26(28-15-17)33(6)7)22-23(16(2)3)30-34(24(22)29-21)19-11-9-10-18(12-19)32(4)5/h9-16H,8H2,1-7H3,(H,31,35). The Morgan fingerprint density at radius 3 is 2.32 bits per heavy atom. The van der Waals surface area contributed by atoms with Gasteiger partial charge in [-0.15, -0.1) is 0 Å². The van der Waals surface area contributed by atoms with Gasteiger partial charge in [-0.2, -0.15) is 5.10 Å². The van der Waals surface area contributed by atoms with E-state index in [1.165, 1.54) is 6.92 Å². The zero-order valence-electron chi connectivity index (χ0n) is 22.6. The first-order chi connectivity index (χ1) is 17.9. The van der Waals surface area contributed by atoms with E-state index in [-0.39, 0.29) is 17.4 Å². The molecule has 38 heavy (non-hydrogen) atoms. The first kappa shape index (κ1) is 27.0. The molecule has 0 saturated heterocycles. The summed E-state index contributed by atoms with van der Waals surface area (Å²) in [5, 5.41) is 5.66. The molecular formula is C26H32N8O3S. The molecule has 4 rings (SSSR count). The molecule has 0 radical (unpaired) electrons. The van der Waals surface area contributed by atoms with E-state index in [1.807, 2.05) is 71.2 Å². The molecule has 3 aromatic heterocycles. The minimum atomic E-state index is -3.80. The molecule has 1 aromatic carbocycles. The van der Waals surface area contributed by atoms with Crippen LogP contribution in [0.1, 0.15) is 42.9 Å². The summed E-state index contributed by atoms with van der Waals surface area (Å²) in [6.45, 7) is 5.53. The monoisotopic (exact) mass is 536 g/mol. The fourth-order valence-corrected chi connectivity index (χ4v) is 4.46. The number of nitrogens with one attached hydrogen (secondary N) is 1. The number of rotatable bonds is 8. The van der Waals surface area contributed by atoms with E-state index in [1.54, 1.807) is 28.0 Å². The van der Waals surface area contributed by atoms with E-state index in [4.69, 9.17) is 5.10 Å². The van der Waals surface area contributed by atoms with Crippen LogP contribution in [0.5, 0.6) is 0 Å². The number of hydrogen-bond donors (Lipinski definition) is 1. The van der Waals surface area contributed by atoms with Crippen LogP contribution in [0, 0.1) is 0 Å². The third kappa shape index (κ3) is 5.30. The number of hydrogen-bond acceptors (Lipinski definition) is 9. The largest absolute Gasteiger partial charge is 0.378 e. The Hall–Kier alpha value is -4.06. The molecule has 0 bridgehead atoms. The number of fused-ring (bicyclic) bond motifs is 1. The molecule has 3 heterocycles. The van der Waals surface area contributed by atoms with Crippen LogP contribution in [0.2, 0.25) is 0 Å². The highest BCUT2D eigenvalue weighted by Gasteiger charge is 2.25. The lowest BCUT2D eigenvalue weighted by atomic mass is 9.99. The molecule has 0 saturated carbocycles. The SMILES string of the molecule is CCS(=O)(=O)NC(=O)c1cc(-c2cnc(N(C)C)nc2)c2c(C(C)C)nn(-c3cccc(N(C)C)c3)c2n1. The van der Waals surface area contributed by atoms with E-state index in [9.17, 15) is 13.2 Å². The third-order valence-electron chi connectivity index (χ3n) is 6.01. The van der Waals surface area contributed by atoms with Crippen molar-refractivity contribution in [3.05, 3.63) is 54.1 Å². The minimum Gasteiger partial charge on any atom is -0.378 e. The second-order valence-corrected chi connectivity index (χ2v) is 11.6. The van der Waals surface area contributed by atoms with Gasteiger partial charge in [0.1, 0.15) is 5.69 Å². The van der Waals surface area contributed by atoms with Crippen molar-refractivity contribution in [2.45, 2.75) is 26.7 Å². The molecular weight excluding hydrogens is 504 g/mol. The van der Waals surface area contributed by atoms with Crippen molar-refractivity contribution < 1.29 is 13.2 Å². The molecule has 0 atom stereocenters. The molecule has 0 aliphatic rings. The number of anilines is 2. The van der Waals surface area contributed by atoms with Crippen molar-refractivity contribution in [3.63, 3.8) is 0 Å². The normalized spacial score (nSPS) is 11.7. The first-order valence-electron chi connectivity index (χ1n) is 12.2. The van der Waals surface area contributed by atoms with Crippen LogP contribution >= 0.6 is 0 Å². The molecule has 4 aromatic rings. The van der Waals surface area contributed by atoms with E-state index >= 15 is 0 Å². The molecule has 200 valence electrons. The first-order valence-corrected chi connectivity index (χ1v) is 13.8. The quantitative estimate of drug-likeness (QED) is 0.361. The maximum absolute atomic E-state index is 13.1. The Bertz CT molecular complexity index is 1590. The Balaban J connectivity index is 2.04. The van der Waals surface area contributed by atoms with Gasteiger partial charge in [-0.05, 0) is 37.1 Å². The van der Waals surface area contributed by atoms with Crippen LogP contribution in [0.15, 0.2) is 42.7 Å². The number of sulfonamides is 1. The fourth-order valence-electron chi connectivity index (χ4n) is 3.93. The summed E-state index contributed by atoms with van der Waals surface area (Å²) in [4.78, 5) is 30.4.